The molecular formula is C17H18ClNO3. The van der Waals surface area contributed by atoms with Gasteiger partial charge in [0.25, 0.3) is 0 Å². The molecule has 0 aromatic heterocycles. The van der Waals surface area contributed by atoms with E-state index in [1.807, 2.05) is 37.3 Å². The van der Waals surface area contributed by atoms with Gasteiger partial charge in [0.15, 0.2) is 5.75 Å². The molecular weight excluding hydrogens is 302 g/mol. The second kappa shape index (κ2) is 7.18. The molecule has 22 heavy (non-hydrogen) atoms. The molecule has 1 N–H and O–H groups in total. The summed E-state index contributed by atoms with van der Waals surface area (Å²) in [4.78, 5) is 13.1. The van der Waals surface area contributed by atoms with Crippen molar-refractivity contribution in [3.05, 3.63) is 53.6 Å². The minimum absolute atomic E-state index is 0.475. The molecule has 0 aliphatic rings. The Balaban J connectivity index is 2.37. The molecule has 0 saturated heterocycles. The zero-order chi connectivity index (χ0) is 16.1. The van der Waals surface area contributed by atoms with E-state index in [4.69, 9.17) is 16.3 Å². The maximum atomic E-state index is 11.4. The van der Waals surface area contributed by atoms with Gasteiger partial charge in [-0.15, -0.1) is 0 Å². The van der Waals surface area contributed by atoms with Gasteiger partial charge < -0.3 is 14.7 Å². The van der Waals surface area contributed by atoms with Crippen molar-refractivity contribution in [2.45, 2.75) is 19.4 Å². The minimum Gasteiger partial charge on any atom is -0.480 e. The lowest BCUT2D eigenvalue weighted by Crippen LogP contribution is -2.38. The van der Waals surface area contributed by atoms with Gasteiger partial charge in [0.1, 0.15) is 11.8 Å². The molecule has 2 rings (SSSR count). The highest BCUT2D eigenvalue weighted by Gasteiger charge is 2.23. The number of hydrogen-bond acceptors (Lipinski definition) is 3. The van der Waals surface area contributed by atoms with Crippen LogP contribution in [-0.4, -0.2) is 24.2 Å². The number of para-hydroxylation sites is 1. The number of aliphatic carboxylic acids is 1. The molecule has 2 aromatic rings. The zero-order valence-electron chi connectivity index (χ0n) is 12.5. The van der Waals surface area contributed by atoms with Crippen LogP contribution in [0, 0.1) is 0 Å². The van der Waals surface area contributed by atoms with Gasteiger partial charge in [0.2, 0.25) is 0 Å². The highest BCUT2D eigenvalue weighted by atomic mass is 35.5. The maximum absolute atomic E-state index is 11.4. The first-order valence-corrected chi connectivity index (χ1v) is 7.38. The molecule has 0 aliphatic heterocycles. The largest absolute Gasteiger partial charge is 0.480 e. The first-order valence-electron chi connectivity index (χ1n) is 7.01. The Kier molecular flexibility index (Phi) is 5.28. The number of halogens is 1. The normalized spacial score (nSPS) is 11.8. The van der Waals surface area contributed by atoms with Crippen LogP contribution in [-0.2, 0) is 4.79 Å². The highest BCUT2D eigenvalue weighted by molar-refractivity contribution is 6.31. The second-order valence-electron chi connectivity index (χ2n) is 4.90. The Bertz CT molecular complexity index is 646. The van der Waals surface area contributed by atoms with Crippen LogP contribution < -0.4 is 9.64 Å². The Morgan fingerprint density at radius 2 is 1.95 bits per heavy atom. The average molecular weight is 320 g/mol. The van der Waals surface area contributed by atoms with Crippen molar-refractivity contribution < 1.29 is 14.6 Å². The predicted octanol–water partition coefficient (Wildman–Crippen LogP) is 4.43. The number of rotatable bonds is 6. The van der Waals surface area contributed by atoms with Gasteiger partial charge in [-0.2, -0.15) is 0 Å². The van der Waals surface area contributed by atoms with E-state index >= 15 is 0 Å². The number of carbonyl (C=O) groups is 1. The Labute approximate surface area is 134 Å². The highest BCUT2D eigenvalue weighted by Crippen LogP contribution is 2.35. The number of carboxylic acids is 1. The first kappa shape index (κ1) is 16.2. The van der Waals surface area contributed by atoms with Crippen LogP contribution in [0.25, 0.3) is 0 Å². The van der Waals surface area contributed by atoms with Crippen LogP contribution in [0.15, 0.2) is 48.5 Å². The van der Waals surface area contributed by atoms with E-state index in [2.05, 4.69) is 0 Å². The summed E-state index contributed by atoms with van der Waals surface area (Å²) in [6, 6.07) is 13.9. The Morgan fingerprint density at radius 3 is 2.55 bits per heavy atom. The third kappa shape index (κ3) is 3.71. The van der Waals surface area contributed by atoms with Crippen molar-refractivity contribution in [2.24, 2.45) is 0 Å². The van der Waals surface area contributed by atoms with E-state index in [0.29, 0.717) is 28.6 Å². The summed E-state index contributed by atoms with van der Waals surface area (Å²) in [5.41, 5.74) is 0.644. The number of benzene rings is 2. The minimum atomic E-state index is -0.879. The van der Waals surface area contributed by atoms with E-state index < -0.39 is 12.0 Å². The fourth-order valence-electron chi connectivity index (χ4n) is 2.25. The third-order valence-corrected chi connectivity index (χ3v) is 3.65. The Hall–Kier alpha value is -2.20. The van der Waals surface area contributed by atoms with Crippen LogP contribution in [0.3, 0.4) is 0 Å². The standard InChI is InChI=1S/C17H18ClNO3/c1-3-14(17(20)21)19(2)15-11-12(18)9-10-16(15)22-13-7-5-4-6-8-13/h4-11,14H,3H2,1-2H3,(H,20,21)/t14-/m1/s1. The lowest BCUT2D eigenvalue weighted by atomic mass is 10.1. The summed E-state index contributed by atoms with van der Waals surface area (Å²) in [6.45, 7) is 1.83. The van der Waals surface area contributed by atoms with Crippen LogP contribution in [0.4, 0.5) is 5.69 Å². The first-order chi connectivity index (χ1) is 10.5. The predicted molar refractivity (Wildman–Crippen MR) is 88.1 cm³/mol. The maximum Gasteiger partial charge on any atom is 0.326 e. The molecule has 0 radical (unpaired) electrons. The van der Waals surface area contributed by atoms with Crippen molar-refractivity contribution in [3.63, 3.8) is 0 Å². The van der Waals surface area contributed by atoms with Crippen molar-refractivity contribution in [1.29, 1.82) is 0 Å². The molecule has 0 bridgehead atoms. The SMILES string of the molecule is CC[C@H](C(=O)O)N(C)c1cc(Cl)ccc1Oc1ccccc1. The van der Waals surface area contributed by atoms with Gasteiger partial charge in [-0.05, 0) is 36.8 Å². The van der Waals surface area contributed by atoms with Gasteiger partial charge >= 0.3 is 5.97 Å². The molecule has 5 heteroatoms. The van der Waals surface area contributed by atoms with Crippen molar-refractivity contribution in [1.82, 2.24) is 0 Å². The lowest BCUT2D eigenvalue weighted by molar-refractivity contribution is -0.138. The summed E-state index contributed by atoms with van der Waals surface area (Å²) in [6.07, 6.45) is 0.475. The van der Waals surface area contributed by atoms with Crippen LogP contribution in [0.1, 0.15) is 13.3 Å². The van der Waals surface area contributed by atoms with Gasteiger partial charge in [-0.3, -0.25) is 0 Å². The summed E-state index contributed by atoms with van der Waals surface area (Å²) < 4.78 is 5.87. The molecule has 1 atom stereocenters. The molecule has 0 aliphatic carbocycles. The lowest BCUT2D eigenvalue weighted by Gasteiger charge is -2.27. The van der Waals surface area contributed by atoms with Crippen LogP contribution in [0.5, 0.6) is 11.5 Å². The number of nitrogens with zero attached hydrogens (tertiary/aromatic N) is 1. The molecule has 0 unspecified atom stereocenters. The molecule has 0 saturated carbocycles. The fourth-order valence-corrected chi connectivity index (χ4v) is 2.42. The quantitative estimate of drug-likeness (QED) is 0.855. The summed E-state index contributed by atoms with van der Waals surface area (Å²) in [5, 5.41) is 9.87. The number of ether oxygens (including phenoxy) is 1. The number of anilines is 1. The smallest absolute Gasteiger partial charge is 0.326 e. The average Bonchev–Trinajstić information content (AvgIpc) is 2.50. The molecule has 0 amide bonds. The van der Waals surface area contributed by atoms with Crippen LogP contribution >= 0.6 is 11.6 Å². The molecule has 0 fully saturated rings. The van der Waals surface area contributed by atoms with Gasteiger partial charge in [-0.1, -0.05) is 36.7 Å². The summed E-state index contributed by atoms with van der Waals surface area (Å²) >= 11 is 6.06. The fraction of sp³-hybridized carbons (Fsp3) is 0.235. The third-order valence-electron chi connectivity index (χ3n) is 3.41. The molecule has 2 aromatic carbocycles. The van der Waals surface area contributed by atoms with Crippen LogP contribution in [0.2, 0.25) is 5.02 Å². The van der Waals surface area contributed by atoms with Gasteiger partial charge in [0, 0.05) is 12.1 Å². The molecule has 4 nitrogen and oxygen atoms in total. The zero-order valence-corrected chi connectivity index (χ0v) is 13.2. The van der Waals surface area contributed by atoms with E-state index in [0.717, 1.165) is 0 Å². The van der Waals surface area contributed by atoms with E-state index in [1.54, 1.807) is 30.1 Å². The molecule has 0 spiro atoms. The number of likely N-dealkylation sites (N-methyl/N-ethyl adjacent to an activating group) is 1. The van der Waals surface area contributed by atoms with E-state index in [1.165, 1.54) is 0 Å². The molecule has 116 valence electrons. The topological polar surface area (TPSA) is 49.8 Å². The van der Waals surface area contributed by atoms with Crippen molar-refractivity contribution in [2.75, 3.05) is 11.9 Å². The summed E-state index contributed by atoms with van der Waals surface area (Å²) in [5.74, 6) is 0.372. The summed E-state index contributed by atoms with van der Waals surface area (Å²) in [7, 11) is 1.73. The number of hydrogen-bond donors (Lipinski definition) is 1. The molecule has 0 heterocycles. The van der Waals surface area contributed by atoms with Gasteiger partial charge in [0.05, 0.1) is 5.69 Å². The van der Waals surface area contributed by atoms with E-state index in [9.17, 15) is 9.90 Å². The van der Waals surface area contributed by atoms with Crippen molar-refractivity contribution >= 4 is 23.3 Å². The second-order valence-corrected chi connectivity index (χ2v) is 5.34. The monoisotopic (exact) mass is 319 g/mol. The van der Waals surface area contributed by atoms with E-state index in [-0.39, 0.29) is 0 Å². The number of carboxylic acid groups (broad SMARTS) is 1. The Morgan fingerprint density at radius 1 is 1.27 bits per heavy atom. The van der Waals surface area contributed by atoms with Crippen molar-refractivity contribution in [3.8, 4) is 11.5 Å². The van der Waals surface area contributed by atoms with Gasteiger partial charge in [-0.25, -0.2) is 4.79 Å².